The number of hydrogen-bond acceptors (Lipinski definition) is 5. The van der Waals surface area contributed by atoms with Gasteiger partial charge in [0.2, 0.25) is 10.0 Å². The van der Waals surface area contributed by atoms with E-state index in [2.05, 4.69) is 10.0 Å². The van der Waals surface area contributed by atoms with Gasteiger partial charge in [0.25, 0.3) is 0 Å². The summed E-state index contributed by atoms with van der Waals surface area (Å²) in [4.78, 5) is 0. The zero-order chi connectivity index (χ0) is 15.2. The fraction of sp³-hybridized carbons (Fsp3) is 0.600. The average molecular weight is 324 g/mol. The first kappa shape index (κ1) is 14.3. The molecule has 1 aromatic rings. The van der Waals surface area contributed by atoms with Crippen LogP contribution in [0.1, 0.15) is 30.9 Å². The molecule has 0 spiro atoms. The van der Waals surface area contributed by atoms with Crippen LogP contribution in [0.4, 0.5) is 0 Å². The highest BCUT2D eigenvalue weighted by Crippen LogP contribution is 2.35. The van der Waals surface area contributed by atoms with E-state index in [9.17, 15) is 8.42 Å². The molecule has 2 atom stereocenters. The summed E-state index contributed by atoms with van der Waals surface area (Å²) in [5, 5.41) is 3.20. The van der Waals surface area contributed by atoms with Crippen LogP contribution >= 0.6 is 0 Å². The third-order valence-corrected chi connectivity index (χ3v) is 6.41. The number of fused-ring (bicyclic) bond motifs is 1. The molecule has 0 aromatic heterocycles. The Morgan fingerprint density at radius 2 is 1.86 bits per heavy atom. The Bertz CT molecular complexity index is 672. The summed E-state index contributed by atoms with van der Waals surface area (Å²) in [7, 11) is -3.17. The zero-order valence-corrected chi connectivity index (χ0v) is 13.1. The molecule has 2 N–H and O–H groups in total. The molecule has 1 aliphatic carbocycles. The number of rotatable bonds is 4. The van der Waals surface area contributed by atoms with Gasteiger partial charge >= 0.3 is 0 Å². The van der Waals surface area contributed by atoms with E-state index in [1.54, 1.807) is 0 Å². The molecule has 2 fully saturated rings. The molecule has 7 heteroatoms. The Morgan fingerprint density at radius 3 is 2.64 bits per heavy atom. The highest BCUT2D eigenvalue weighted by atomic mass is 32.2. The van der Waals surface area contributed by atoms with Crippen molar-refractivity contribution >= 4 is 10.0 Å². The molecule has 6 nitrogen and oxygen atoms in total. The van der Waals surface area contributed by atoms with Crippen molar-refractivity contribution in [2.75, 3.05) is 19.8 Å². The van der Waals surface area contributed by atoms with Gasteiger partial charge in [-0.05, 0) is 43.5 Å². The summed E-state index contributed by atoms with van der Waals surface area (Å²) >= 11 is 0. The van der Waals surface area contributed by atoms with Gasteiger partial charge in [-0.3, -0.25) is 0 Å². The van der Waals surface area contributed by atoms with Crippen molar-refractivity contribution in [3.8, 4) is 11.5 Å². The predicted molar refractivity (Wildman–Crippen MR) is 81.7 cm³/mol. The number of benzene rings is 1. The maximum Gasteiger partial charge on any atom is 0.214 e. The van der Waals surface area contributed by atoms with Crippen LogP contribution in [-0.2, 0) is 10.0 Å². The third kappa shape index (κ3) is 2.68. The molecule has 1 saturated carbocycles. The van der Waals surface area contributed by atoms with Crippen molar-refractivity contribution in [2.45, 2.75) is 36.6 Å². The van der Waals surface area contributed by atoms with E-state index in [-0.39, 0.29) is 17.3 Å². The van der Waals surface area contributed by atoms with E-state index in [0.29, 0.717) is 13.2 Å². The number of hydrogen-bond donors (Lipinski definition) is 2. The average Bonchev–Trinajstić information content (AvgIpc) is 3.29. The third-order valence-electron chi connectivity index (χ3n) is 4.43. The van der Waals surface area contributed by atoms with E-state index in [1.165, 1.54) is 0 Å². The second-order valence-electron chi connectivity index (χ2n) is 6.09. The topological polar surface area (TPSA) is 76.7 Å². The highest BCUT2D eigenvalue weighted by Gasteiger charge is 2.40. The molecule has 1 unspecified atom stereocenters. The maximum atomic E-state index is 12.2. The lowest BCUT2D eigenvalue weighted by Crippen LogP contribution is -2.40. The van der Waals surface area contributed by atoms with Crippen molar-refractivity contribution in [1.82, 2.24) is 10.0 Å². The first-order valence-electron chi connectivity index (χ1n) is 7.77. The molecule has 2 aliphatic heterocycles. The van der Waals surface area contributed by atoms with Crippen molar-refractivity contribution in [3.63, 3.8) is 0 Å². The van der Waals surface area contributed by atoms with Gasteiger partial charge in [-0.1, -0.05) is 6.07 Å². The molecule has 1 aromatic carbocycles. The molecule has 0 bridgehead atoms. The van der Waals surface area contributed by atoms with Crippen LogP contribution in [-0.4, -0.2) is 39.5 Å². The summed E-state index contributed by atoms with van der Waals surface area (Å²) in [5.41, 5.74) is 1.03. The minimum Gasteiger partial charge on any atom is -0.486 e. The quantitative estimate of drug-likeness (QED) is 0.862. The molecular weight excluding hydrogens is 304 g/mol. The van der Waals surface area contributed by atoms with Gasteiger partial charge in [-0.15, -0.1) is 0 Å². The first-order chi connectivity index (χ1) is 10.6. The highest BCUT2D eigenvalue weighted by molar-refractivity contribution is 7.90. The first-order valence-corrected chi connectivity index (χ1v) is 9.32. The fourth-order valence-corrected chi connectivity index (χ4v) is 4.74. The summed E-state index contributed by atoms with van der Waals surface area (Å²) < 4.78 is 38.4. The maximum absolute atomic E-state index is 12.2. The second kappa shape index (κ2) is 5.40. The minimum atomic E-state index is -3.17. The van der Waals surface area contributed by atoms with Crippen LogP contribution in [0.15, 0.2) is 18.2 Å². The summed E-state index contributed by atoms with van der Waals surface area (Å²) in [6.45, 7) is 1.92. The normalized spacial score (nSPS) is 27.8. The molecule has 1 saturated heterocycles. The van der Waals surface area contributed by atoms with Crippen molar-refractivity contribution < 1.29 is 17.9 Å². The molecule has 3 aliphatic rings. The minimum absolute atomic E-state index is 0.0237. The Morgan fingerprint density at radius 1 is 1.09 bits per heavy atom. The smallest absolute Gasteiger partial charge is 0.214 e. The molecule has 0 radical (unpaired) electrons. The molecule has 0 amide bonds. The van der Waals surface area contributed by atoms with Gasteiger partial charge in [0.1, 0.15) is 13.2 Å². The van der Waals surface area contributed by atoms with Crippen molar-refractivity contribution in [1.29, 1.82) is 0 Å². The van der Waals surface area contributed by atoms with Crippen molar-refractivity contribution in [3.05, 3.63) is 23.8 Å². The summed E-state index contributed by atoms with van der Waals surface area (Å²) in [5.74, 6) is 1.49. The van der Waals surface area contributed by atoms with E-state index in [0.717, 1.165) is 42.9 Å². The van der Waals surface area contributed by atoms with Crippen LogP contribution in [0.2, 0.25) is 0 Å². The van der Waals surface area contributed by atoms with E-state index >= 15 is 0 Å². The van der Waals surface area contributed by atoms with Crippen LogP contribution < -0.4 is 19.5 Å². The van der Waals surface area contributed by atoms with Crippen LogP contribution in [0, 0.1) is 0 Å². The molecular formula is C15H20N2O4S. The Balaban J connectivity index is 1.55. The Kier molecular flexibility index (Phi) is 3.51. The standard InChI is InChI=1S/C15H20N2O4S/c18-22(19,11-2-3-11)17-12-5-6-16-15(12)10-1-4-13-14(9-10)21-8-7-20-13/h1,4,9,11-12,15-17H,2-3,5-8H2/t12-,15?/m0/s1. The Hall–Kier alpha value is -1.31. The van der Waals surface area contributed by atoms with Gasteiger partial charge in [-0.25, -0.2) is 13.1 Å². The van der Waals surface area contributed by atoms with Crippen LogP contribution in [0.25, 0.3) is 0 Å². The Labute approximate surface area is 130 Å². The van der Waals surface area contributed by atoms with Gasteiger partial charge in [0.15, 0.2) is 11.5 Å². The number of nitrogens with one attached hydrogen (secondary N) is 2. The number of sulfonamides is 1. The van der Waals surface area contributed by atoms with Crippen LogP contribution in [0.3, 0.4) is 0 Å². The SMILES string of the molecule is O=S(=O)(N[C@H]1CCNC1c1ccc2c(c1)OCCO2)C1CC1. The van der Waals surface area contributed by atoms with Gasteiger partial charge in [0, 0.05) is 12.1 Å². The summed E-state index contributed by atoms with van der Waals surface area (Å²) in [6, 6.07) is 5.71. The largest absolute Gasteiger partial charge is 0.486 e. The second-order valence-corrected chi connectivity index (χ2v) is 8.08. The molecule has 120 valence electrons. The van der Waals surface area contributed by atoms with Crippen LogP contribution in [0.5, 0.6) is 11.5 Å². The predicted octanol–water partition coefficient (Wildman–Crippen LogP) is 0.943. The number of ether oxygens (including phenoxy) is 2. The van der Waals surface area contributed by atoms with Gasteiger partial charge < -0.3 is 14.8 Å². The fourth-order valence-electron chi connectivity index (χ4n) is 3.12. The summed E-state index contributed by atoms with van der Waals surface area (Å²) in [6.07, 6.45) is 2.36. The van der Waals surface area contributed by atoms with E-state index < -0.39 is 10.0 Å². The zero-order valence-electron chi connectivity index (χ0n) is 12.2. The lowest BCUT2D eigenvalue weighted by Gasteiger charge is -2.24. The lowest BCUT2D eigenvalue weighted by atomic mass is 10.0. The van der Waals surface area contributed by atoms with E-state index in [1.807, 2.05) is 18.2 Å². The monoisotopic (exact) mass is 324 g/mol. The van der Waals surface area contributed by atoms with E-state index in [4.69, 9.17) is 9.47 Å². The van der Waals surface area contributed by atoms with Gasteiger partial charge in [-0.2, -0.15) is 0 Å². The molecule has 4 rings (SSSR count). The van der Waals surface area contributed by atoms with Gasteiger partial charge in [0.05, 0.1) is 5.25 Å². The lowest BCUT2D eigenvalue weighted by molar-refractivity contribution is 0.171. The molecule has 2 heterocycles. The molecule has 22 heavy (non-hydrogen) atoms. The van der Waals surface area contributed by atoms with Crippen molar-refractivity contribution in [2.24, 2.45) is 0 Å².